The highest BCUT2D eigenvalue weighted by Crippen LogP contribution is 2.28. The number of hydrogen-bond donors (Lipinski definition) is 0. The summed E-state index contributed by atoms with van der Waals surface area (Å²) in [6.07, 6.45) is 7.40. The van der Waals surface area contributed by atoms with Gasteiger partial charge in [0, 0.05) is 13.1 Å². The predicted molar refractivity (Wildman–Crippen MR) is 52.1 cm³/mol. The molecular formula is C11H17N. The van der Waals surface area contributed by atoms with E-state index in [2.05, 4.69) is 31.0 Å². The molecule has 1 atom stereocenters. The summed E-state index contributed by atoms with van der Waals surface area (Å²) in [6.45, 7) is 4.70. The van der Waals surface area contributed by atoms with E-state index in [1.54, 1.807) is 11.1 Å². The van der Waals surface area contributed by atoms with Crippen LogP contribution in [0.15, 0.2) is 23.3 Å². The van der Waals surface area contributed by atoms with Crippen LogP contribution in [0.4, 0.5) is 0 Å². The van der Waals surface area contributed by atoms with Gasteiger partial charge in [-0.15, -0.1) is 0 Å². The van der Waals surface area contributed by atoms with Gasteiger partial charge in [-0.25, -0.2) is 0 Å². The maximum absolute atomic E-state index is 2.45. The van der Waals surface area contributed by atoms with Gasteiger partial charge in [0.25, 0.3) is 0 Å². The van der Waals surface area contributed by atoms with Gasteiger partial charge < -0.3 is 4.90 Å². The number of nitrogens with zero attached hydrogens (tertiary/aromatic N) is 1. The Balaban J connectivity index is 2.18. The molecular weight excluding hydrogens is 146 g/mol. The molecule has 1 saturated heterocycles. The monoisotopic (exact) mass is 163 g/mol. The van der Waals surface area contributed by atoms with Crippen molar-refractivity contribution in [3.8, 4) is 0 Å². The molecule has 12 heavy (non-hydrogen) atoms. The Morgan fingerprint density at radius 3 is 3.08 bits per heavy atom. The van der Waals surface area contributed by atoms with Crippen LogP contribution in [0.5, 0.6) is 0 Å². The summed E-state index contributed by atoms with van der Waals surface area (Å²) in [5, 5.41) is 0. The zero-order chi connectivity index (χ0) is 8.55. The fourth-order valence-corrected chi connectivity index (χ4v) is 2.08. The lowest BCUT2D eigenvalue weighted by molar-refractivity contribution is 0.344. The van der Waals surface area contributed by atoms with E-state index < -0.39 is 0 Å². The van der Waals surface area contributed by atoms with Crippen molar-refractivity contribution in [1.29, 1.82) is 0 Å². The van der Waals surface area contributed by atoms with E-state index in [1.165, 1.54) is 19.4 Å². The average molecular weight is 163 g/mol. The Morgan fingerprint density at radius 2 is 2.25 bits per heavy atom. The second-order valence-electron chi connectivity index (χ2n) is 4.12. The van der Waals surface area contributed by atoms with Gasteiger partial charge in [0.2, 0.25) is 0 Å². The maximum Gasteiger partial charge on any atom is 0.0230 e. The quantitative estimate of drug-likeness (QED) is 0.529. The molecule has 1 aliphatic carbocycles. The van der Waals surface area contributed by atoms with Crippen LogP contribution < -0.4 is 0 Å². The molecule has 0 N–H and O–H groups in total. The molecule has 1 nitrogen and oxygen atoms in total. The number of piperidine rings is 1. The van der Waals surface area contributed by atoms with E-state index in [9.17, 15) is 0 Å². The Kier molecular flexibility index (Phi) is 2.05. The van der Waals surface area contributed by atoms with Crippen molar-refractivity contribution in [3.05, 3.63) is 23.3 Å². The summed E-state index contributed by atoms with van der Waals surface area (Å²) < 4.78 is 0. The molecule has 1 heteroatoms. The van der Waals surface area contributed by atoms with Gasteiger partial charge in [-0.3, -0.25) is 0 Å². The molecule has 2 rings (SSSR count). The summed E-state index contributed by atoms with van der Waals surface area (Å²) in [4.78, 5) is 2.40. The highest BCUT2D eigenvalue weighted by molar-refractivity contribution is 5.37. The van der Waals surface area contributed by atoms with Crippen molar-refractivity contribution in [2.24, 2.45) is 5.92 Å². The zero-order valence-corrected chi connectivity index (χ0v) is 8.01. The minimum Gasteiger partial charge on any atom is -0.302 e. The fourth-order valence-electron chi connectivity index (χ4n) is 2.08. The zero-order valence-electron chi connectivity index (χ0n) is 8.01. The summed E-state index contributed by atoms with van der Waals surface area (Å²) in [5.74, 6) is 0.759. The Bertz CT molecular complexity index is 237. The largest absolute Gasteiger partial charge is 0.302 e. The topological polar surface area (TPSA) is 3.24 Å². The first-order valence-corrected chi connectivity index (χ1v) is 4.84. The molecule has 0 amide bonds. The second kappa shape index (κ2) is 3.06. The Labute approximate surface area is 74.8 Å². The standard InChI is InChI=1S/C11H17N/c1-9-3-4-10-5-6-12(2)8-11(10)7-9/h4,7,9H,3,5-6,8H2,1-2H3/t9-/m1/s1. The number of hydrogen-bond acceptors (Lipinski definition) is 1. The third-order valence-electron chi connectivity index (χ3n) is 2.84. The highest BCUT2D eigenvalue weighted by Gasteiger charge is 2.18. The van der Waals surface area contributed by atoms with Crippen molar-refractivity contribution in [3.63, 3.8) is 0 Å². The third kappa shape index (κ3) is 1.46. The van der Waals surface area contributed by atoms with Gasteiger partial charge in [-0.1, -0.05) is 19.1 Å². The van der Waals surface area contributed by atoms with Crippen LogP contribution in [-0.2, 0) is 0 Å². The van der Waals surface area contributed by atoms with Crippen molar-refractivity contribution in [1.82, 2.24) is 4.90 Å². The van der Waals surface area contributed by atoms with E-state index in [0.29, 0.717) is 0 Å². The summed E-state index contributed by atoms with van der Waals surface area (Å²) in [7, 11) is 2.21. The molecule has 1 aliphatic heterocycles. The SMILES string of the molecule is C[C@H]1C=C2CN(C)CCC2=CC1. The molecule has 0 saturated carbocycles. The van der Waals surface area contributed by atoms with Crippen LogP contribution in [0.25, 0.3) is 0 Å². The van der Waals surface area contributed by atoms with Gasteiger partial charge in [-0.2, -0.15) is 0 Å². The lowest BCUT2D eigenvalue weighted by atomic mass is 9.87. The van der Waals surface area contributed by atoms with E-state index in [0.717, 1.165) is 12.5 Å². The van der Waals surface area contributed by atoms with Crippen LogP contribution >= 0.6 is 0 Å². The lowest BCUT2D eigenvalue weighted by Gasteiger charge is -2.30. The Morgan fingerprint density at radius 1 is 1.42 bits per heavy atom. The minimum atomic E-state index is 0.759. The first-order chi connectivity index (χ1) is 5.75. The molecule has 0 aromatic heterocycles. The number of allylic oxidation sites excluding steroid dienone is 2. The summed E-state index contributed by atoms with van der Waals surface area (Å²) in [5.41, 5.74) is 3.20. The van der Waals surface area contributed by atoms with Crippen LogP contribution in [0.2, 0.25) is 0 Å². The molecule has 1 fully saturated rings. The van der Waals surface area contributed by atoms with Crippen LogP contribution in [0, 0.1) is 5.92 Å². The number of likely N-dealkylation sites (tertiary alicyclic amines) is 1. The average Bonchev–Trinajstić information content (AvgIpc) is 2.03. The maximum atomic E-state index is 2.45. The fraction of sp³-hybridized carbons (Fsp3) is 0.636. The molecule has 0 spiro atoms. The predicted octanol–water partition coefficient (Wildman–Crippen LogP) is 2.21. The van der Waals surface area contributed by atoms with Crippen LogP contribution in [-0.4, -0.2) is 25.0 Å². The van der Waals surface area contributed by atoms with Gasteiger partial charge in [0.1, 0.15) is 0 Å². The molecule has 66 valence electrons. The lowest BCUT2D eigenvalue weighted by Crippen LogP contribution is -2.29. The molecule has 0 radical (unpaired) electrons. The minimum absolute atomic E-state index is 0.759. The second-order valence-corrected chi connectivity index (χ2v) is 4.12. The van der Waals surface area contributed by atoms with Crippen molar-refractivity contribution in [2.75, 3.05) is 20.1 Å². The molecule has 0 bridgehead atoms. The molecule has 2 aliphatic rings. The summed E-state index contributed by atoms with van der Waals surface area (Å²) in [6, 6.07) is 0. The van der Waals surface area contributed by atoms with Gasteiger partial charge >= 0.3 is 0 Å². The molecule has 1 heterocycles. The van der Waals surface area contributed by atoms with E-state index in [-0.39, 0.29) is 0 Å². The Hall–Kier alpha value is -0.560. The number of likely N-dealkylation sites (N-methyl/N-ethyl adjacent to an activating group) is 1. The van der Waals surface area contributed by atoms with E-state index in [4.69, 9.17) is 0 Å². The van der Waals surface area contributed by atoms with Gasteiger partial charge in [0.05, 0.1) is 0 Å². The highest BCUT2D eigenvalue weighted by atomic mass is 15.1. The van der Waals surface area contributed by atoms with Crippen molar-refractivity contribution in [2.45, 2.75) is 19.8 Å². The van der Waals surface area contributed by atoms with Crippen LogP contribution in [0.1, 0.15) is 19.8 Å². The number of fused-ring (bicyclic) bond motifs is 1. The first kappa shape index (κ1) is 8.06. The van der Waals surface area contributed by atoms with Crippen molar-refractivity contribution < 1.29 is 0 Å². The third-order valence-corrected chi connectivity index (χ3v) is 2.84. The van der Waals surface area contributed by atoms with Crippen molar-refractivity contribution >= 4 is 0 Å². The summed E-state index contributed by atoms with van der Waals surface area (Å²) >= 11 is 0. The normalized spacial score (nSPS) is 30.7. The smallest absolute Gasteiger partial charge is 0.0230 e. The van der Waals surface area contributed by atoms with Gasteiger partial charge in [0.15, 0.2) is 0 Å². The first-order valence-electron chi connectivity index (χ1n) is 4.84. The van der Waals surface area contributed by atoms with E-state index in [1.807, 2.05) is 0 Å². The number of rotatable bonds is 0. The molecule has 0 unspecified atom stereocenters. The molecule has 0 aromatic carbocycles. The van der Waals surface area contributed by atoms with E-state index >= 15 is 0 Å². The van der Waals surface area contributed by atoms with Gasteiger partial charge in [-0.05, 0) is 37.0 Å². The van der Waals surface area contributed by atoms with Crippen LogP contribution in [0.3, 0.4) is 0 Å². The molecule has 0 aromatic rings.